The quantitative estimate of drug-likeness (QED) is 0.853. The number of likely N-dealkylation sites (tertiary alicyclic amines) is 1. The van der Waals surface area contributed by atoms with Crippen molar-refractivity contribution in [2.24, 2.45) is 5.92 Å². The molecule has 1 saturated heterocycles. The van der Waals surface area contributed by atoms with E-state index in [-0.39, 0.29) is 10.6 Å². The van der Waals surface area contributed by atoms with Gasteiger partial charge in [0.2, 0.25) is 0 Å². The number of H-pyrrole nitrogens is 1. The molecule has 2 N–H and O–H groups in total. The van der Waals surface area contributed by atoms with E-state index in [2.05, 4.69) is 27.2 Å². The molecule has 17 heavy (non-hydrogen) atoms. The van der Waals surface area contributed by atoms with Crippen LogP contribution in [0, 0.1) is 5.92 Å². The molecule has 0 aromatic carbocycles. The van der Waals surface area contributed by atoms with Crippen molar-refractivity contribution < 1.29 is 0 Å². The van der Waals surface area contributed by atoms with Gasteiger partial charge in [-0.05, 0) is 38.9 Å². The Morgan fingerprint density at radius 3 is 3.00 bits per heavy atom. The topological polar surface area (TPSA) is 61.0 Å². The van der Waals surface area contributed by atoms with Gasteiger partial charge in [0.15, 0.2) is 5.82 Å². The van der Waals surface area contributed by atoms with Gasteiger partial charge >= 0.3 is 0 Å². The molecule has 1 aromatic heterocycles. The summed E-state index contributed by atoms with van der Waals surface area (Å²) in [6.07, 6.45) is 3.71. The van der Waals surface area contributed by atoms with Crippen molar-refractivity contribution in [3.05, 3.63) is 21.7 Å². The SMILES string of the molecule is CN1CCC(CNc2nc[nH]c(=O)c2Cl)CC1. The largest absolute Gasteiger partial charge is 0.368 e. The lowest BCUT2D eigenvalue weighted by Crippen LogP contribution is -2.33. The van der Waals surface area contributed by atoms with Crippen LogP contribution in [0.1, 0.15) is 12.8 Å². The summed E-state index contributed by atoms with van der Waals surface area (Å²) >= 11 is 5.86. The molecule has 0 saturated carbocycles. The molecule has 5 nitrogen and oxygen atoms in total. The molecule has 94 valence electrons. The van der Waals surface area contributed by atoms with E-state index in [1.54, 1.807) is 0 Å². The molecule has 1 aromatic rings. The van der Waals surface area contributed by atoms with Crippen LogP contribution >= 0.6 is 11.6 Å². The lowest BCUT2D eigenvalue weighted by molar-refractivity contribution is 0.226. The zero-order valence-electron chi connectivity index (χ0n) is 9.87. The molecule has 1 fully saturated rings. The molecule has 0 spiro atoms. The van der Waals surface area contributed by atoms with Crippen LogP contribution in [0.5, 0.6) is 0 Å². The molecular weight excluding hydrogens is 240 g/mol. The number of nitrogens with zero attached hydrogens (tertiary/aromatic N) is 2. The van der Waals surface area contributed by atoms with E-state index >= 15 is 0 Å². The van der Waals surface area contributed by atoms with E-state index in [4.69, 9.17) is 11.6 Å². The molecule has 1 aliphatic rings. The fourth-order valence-electron chi connectivity index (χ4n) is 2.01. The summed E-state index contributed by atoms with van der Waals surface area (Å²) in [6.45, 7) is 3.08. The van der Waals surface area contributed by atoms with Crippen molar-refractivity contribution in [3.63, 3.8) is 0 Å². The summed E-state index contributed by atoms with van der Waals surface area (Å²) < 4.78 is 0. The Balaban J connectivity index is 1.90. The van der Waals surface area contributed by atoms with Crippen LogP contribution < -0.4 is 10.9 Å². The second-order valence-corrected chi connectivity index (χ2v) is 4.90. The Kier molecular flexibility index (Phi) is 4.02. The van der Waals surface area contributed by atoms with Gasteiger partial charge in [-0.2, -0.15) is 0 Å². The summed E-state index contributed by atoms with van der Waals surface area (Å²) in [6, 6.07) is 0. The third-order valence-corrected chi connectivity index (χ3v) is 3.54. The third-order valence-electron chi connectivity index (χ3n) is 3.19. The molecule has 0 atom stereocenters. The number of nitrogens with one attached hydrogen (secondary N) is 2. The summed E-state index contributed by atoms with van der Waals surface area (Å²) in [5.74, 6) is 1.11. The summed E-state index contributed by atoms with van der Waals surface area (Å²) in [4.78, 5) is 20.1. The second-order valence-electron chi connectivity index (χ2n) is 4.52. The molecule has 2 rings (SSSR count). The van der Waals surface area contributed by atoms with Crippen molar-refractivity contribution in [2.75, 3.05) is 32.0 Å². The number of aromatic amines is 1. The highest BCUT2D eigenvalue weighted by atomic mass is 35.5. The number of hydrogen-bond donors (Lipinski definition) is 2. The fourth-order valence-corrected chi connectivity index (χ4v) is 2.18. The lowest BCUT2D eigenvalue weighted by Gasteiger charge is -2.29. The standard InChI is InChI=1S/C11H17ClN4O/c1-16-4-2-8(3-5-16)6-13-10-9(12)11(17)15-7-14-10/h7-8H,2-6H2,1H3,(H2,13,14,15,17). The van der Waals surface area contributed by atoms with E-state index in [9.17, 15) is 4.79 Å². The Morgan fingerprint density at radius 1 is 1.59 bits per heavy atom. The Morgan fingerprint density at radius 2 is 2.29 bits per heavy atom. The normalized spacial score (nSPS) is 18.2. The molecule has 1 aliphatic heterocycles. The molecule has 0 radical (unpaired) electrons. The van der Waals surface area contributed by atoms with Gasteiger partial charge < -0.3 is 15.2 Å². The number of halogens is 1. The van der Waals surface area contributed by atoms with Gasteiger partial charge in [0.1, 0.15) is 5.02 Å². The van der Waals surface area contributed by atoms with Crippen LogP contribution in [0.3, 0.4) is 0 Å². The fraction of sp³-hybridized carbons (Fsp3) is 0.636. The van der Waals surface area contributed by atoms with Crippen LogP contribution in [0.25, 0.3) is 0 Å². The summed E-state index contributed by atoms with van der Waals surface area (Å²) in [7, 11) is 2.14. The molecule has 2 heterocycles. The van der Waals surface area contributed by atoms with Crippen LogP contribution in [0.15, 0.2) is 11.1 Å². The van der Waals surface area contributed by atoms with E-state index in [0.29, 0.717) is 11.7 Å². The maximum Gasteiger partial charge on any atom is 0.271 e. The highest BCUT2D eigenvalue weighted by Crippen LogP contribution is 2.18. The van der Waals surface area contributed by atoms with Crippen molar-refractivity contribution >= 4 is 17.4 Å². The molecule has 6 heteroatoms. The molecule has 0 amide bonds. The monoisotopic (exact) mass is 256 g/mol. The first-order valence-electron chi connectivity index (χ1n) is 5.82. The highest BCUT2D eigenvalue weighted by molar-refractivity contribution is 6.32. The van der Waals surface area contributed by atoms with Crippen LogP contribution in [-0.4, -0.2) is 41.5 Å². The van der Waals surface area contributed by atoms with Gasteiger partial charge in [-0.15, -0.1) is 0 Å². The number of hydrogen-bond acceptors (Lipinski definition) is 4. The number of anilines is 1. The first-order valence-corrected chi connectivity index (χ1v) is 6.20. The van der Waals surface area contributed by atoms with Crippen molar-refractivity contribution in [3.8, 4) is 0 Å². The van der Waals surface area contributed by atoms with Gasteiger partial charge in [0.05, 0.1) is 6.33 Å². The maximum absolute atomic E-state index is 11.3. The second kappa shape index (κ2) is 5.51. The van der Waals surface area contributed by atoms with E-state index in [1.807, 2.05) is 0 Å². The van der Waals surface area contributed by atoms with Crippen molar-refractivity contribution in [2.45, 2.75) is 12.8 Å². The van der Waals surface area contributed by atoms with Crippen molar-refractivity contribution in [1.29, 1.82) is 0 Å². The number of aromatic nitrogens is 2. The first-order chi connectivity index (χ1) is 8.16. The predicted molar refractivity (Wildman–Crippen MR) is 68.6 cm³/mol. The van der Waals surface area contributed by atoms with Gasteiger partial charge in [0, 0.05) is 6.54 Å². The van der Waals surface area contributed by atoms with Crippen LogP contribution in [0.4, 0.5) is 5.82 Å². The minimum atomic E-state index is -0.299. The zero-order valence-corrected chi connectivity index (χ0v) is 10.6. The van der Waals surface area contributed by atoms with Gasteiger partial charge in [-0.1, -0.05) is 11.6 Å². The summed E-state index contributed by atoms with van der Waals surface area (Å²) in [5, 5.41) is 3.30. The zero-order chi connectivity index (χ0) is 12.3. The van der Waals surface area contributed by atoms with Gasteiger partial charge in [0.25, 0.3) is 5.56 Å². The highest BCUT2D eigenvalue weighted by Gasteiger charge is 2.17. The summed E-state index contributed by atoms with van der Waals surface area (Å²) in [5.41, 5.74) is -0.299. The predicted octanol–water partition coefficient (Wildman–Crippen LogP) is 1.18. The van der Waals surface area contributed by atoms with E-state index < -0.39 is 0 Å². The average Bonchev–Trinajstić information content (AvgIpc) is 2.33. The van der Waals surface area contributed by atoms with Gasteiger partial charge in [-0.25, -0.2) is 4.98 Å². The third kappa shape index (κ3) is 3.20. The molecule has 0 aliphatic carbocycles. The van der Waals surface area contributed by atoms with Crippen LogP contribution in [-0.2, 0) is 0 Å². The van der Waals surface area contributed by atoms with E-state index in [0.717, 1.165) is 19.6 Å². The van der Waals surface area contributed by atoms with E-state index in [1.165, 1.54) is 19.2 Å². The maximum atomic E-state index is 11.3. The Labute approximate surface area is 105 Å². The minimum absolute atomic E-state index is 0.139. The smallest absolute Gasteiger partial charge is 0.271 e. The lowest BCUT2D eigenvalue weighted by atomic mass is 9.97. The molecule has 0 bridgehead atoms. The van der Waals surface area contributed by atoms with Crippen LogP contribution in [0.2, 0.25) is 5.02 Å². The Hall–Kier alpha value is -1.07. The number of piperidine rings is 1. The van der Waals surface area contributed by atoms with Crippen molar-refractivity contribution in [1.82, 2.24) is 14.9 Å². The van der Waals surface area contributed by atoms with Gasteiger partial charge in [-0.3, -0.25) is 4.79 Å². The molecule has 0 unspecified atom stereocenters. The first kappa shape index (κ1) is 12.4. The molecular formula is C11H17ClN4O. The minimum Gasteiger partial charge on any atom is -0.368 e. The average molecular weight is 257 g/mol. The number of rotatable bonds is 3. The Bertz CT molecular complexity index is 426.